The number of thiophene rings is 1. The molecule has 1 aromatic rings. The van der Waals surface area contributed by atoms with Crippen LogP contribution in [0.2, 0.25) is 18.1 Å². The predicted octanol–water partition coefficient (Wildman–Crippen LogP) is 4.39. The molecule has 0 radical (unpaired) electrons. The minimum atomic E-state index is -1.81. The fourth-order valence-electron chi connectivity index (χ4n) is 2.85. The molecule has 0 aliphatic carbocycles. The summed E-state index contributed by atoms with van der Waals surface area (Å²) in [6.45, 7) is 12.5. The van der Waals surface area contributed by atoms with Gasteiger partial charge >= 0.3 is 5.97 Å². The van der Waals surface area contributed by atoms with E-state index >= 15 is 0 Å². The monoisotopic (exact) mass is 397 g/mol. The highest BCUT2D eigenvalue weighted by Gasteiger charge is 2.39. The van der Waals surface area contributed by atoms with Crippen molar-refractivity contribution in [2.45, 2.75) is 70.6 Å². The highest BCUT2D eigenvalue weighted by molar-refractivity contribution is 7.13. The predicted molar refractivity (Wildman–Crippen MR) is 107 cm³/mol. The third kappa shape index (κ3) is 5.17. The van der Waals surface area contributed by atoms with Crippen LogP contribution in [0.25, 0.3) is 0 Å². The molecule has 7 heteroatoms. The molecule has 26 heavy (non-hydrogen) atoms. The van der Waals surface area contributed by atoms with E-state index in [1.54, 1.807) is 6.07 Å². The van der Waals surface area contributed by atoms with E-state index in [1.807, 2.05) is 11.0 Å². The normalized spacial score (nSPS) is 18.6. The van der Waals surface area contributed by atoms with Gasteiger partial charge in [-0.3, -0.25) is 4.79 Å². The van der Waals surface area contributed by atoms with E-state index in [0.29, 0.717) is 24.4 Å². The van der Waals surface area contributed by atoms with Crippen LogP contribution in [-0.4, -0.2) is 49.4 Å². The number of amides is 1. The molecule has 0 aromatic carbocycles. The number of hydrogen-bond donors (Lipinski definition) is 1. The molecule has 1 N–H and O–H groups in total. The van der Waals surface area contributed by atoms with Crippen LogP contribution in [-0.2, 0) is 15.6 Å². The smallest absolute Gasteiger partial charge is 0.345 e. The molecule has 2 heterocycles. The molecule has 1 fully saturated rings. The Hall–Kier alpha value is -1.18. The number of aromatic carboxylic acids is 1. The SMILES string of the molecule is CC(C)(C)[Si](C)(C)OCC1CCC(=O)N1CCCc1ccc(C(=O)O)s1. The van der Waals surface area contributed by atoms with Crippen molar-refractivity contribution in [1.82, 2.24) is 4.90 Å². The zero-order valence-electron chi connectivity index (χ0n) is 16.5. The van der Waals surface area contributed by atoms with E-state index in [0.717, 1.165) is 24.1 Å². The molecular weight excluding hydrogens is 366 g/mol. The summed E-state index contributed by atoms with van der Waals surface area (Å²) in [6.07, 6.45) is 3.13. The van der Waals surface area contributed by atoms with Crippen LogP contribution in [0.5, 0.6) is 0 Å². The number of carbonyl (C=O) groups is 2. The molecule has 1 atom stereocenters. The number of aryl methyl sites for hydroxylation is 1. The Morgan fingerprint density at radius 2 is 2.08 bits per heavy atom. The Bertz CT molecular complexity index is 650. The highest BCUT2D eigenvalue weighted by atomic mass is 32.1. The van der Waals surface area contributed by atoms with Crippen LogP contribution in [0.1, 0.15) is 54.6 Å². The van der Waals surface area contributed by atoms with Crippen LogP contribution < -0.4 is 0 Å². The van der Waals surface area contributed by atoms with Crippen molar-refractivity contribution in [3.63, 3.8) is 0 Å². The summed E-state index contributed by atoms with van der Waals surface area (Å²) < 4.78 is 6.33. The van der Waals surface area contributed by atoms with Gasteiger partial charge in [-0.2, -0.15) is 0 Å². The van der Waals surface area contributed by atoms with Crippen LogP contribution in [0.15, 0.2) is 12.1 Å². The van der Waals surface area contributed by atoms with Gasteiger partial charge in [0.25, 0.3) is 0 Å². The van der Waals surface area contributed by atoms with Crippen molar-refractivity contribution in [3.05, 3.63) is 21.9 Å². The standard InChI is InChI=1S/C19H31NO4SSi/c1-19(2,3)26(4,5)24-13-14-8-11-17(21)20(14)12-6-7-15-9-10-16(25-15)18(22)23/h9-10,14H,6-8,11-13H2,1-5H3,(H,22,23). The van der Waals surface area contributed by atoms with Gasteiger partial charge in [0.1, 0.15) is 4.88 Å². The second-order valence-corrected chi connectivity index (χ2v) is 14.5. The molecule has 0 spiro atoms. The summed E-state index contributed by atoms with van der Waals surface area (Å²) in [5.41, 5.74) is 0. The Kier molecular flexibility index (Phi) is 6.68. The lowest BCUT2D eigenvalue weighted by Crippen LogP contribution is -2.45. The Morgan fingerprint density at radius 1 is 1.38 bits per heavy atom. The highest BCUT2D eigenvalue weighted by Crippen LogP contribution is 2.37. The minimum absolute atomic E-state index is 0.168. The van der Waals surface area contributed by atoms with E-state index in [9.17, 15) is 9.59 Å². The molecule has 1 aromatic heterocycles. The minimum Gasteiger partial charge on any atom is -0.477 e. The van der Waals surface area contributed by atoms with Gasteiger partial charge in [-0.05, 0) is 49.5 Å². The second-order valence-electron chi connectivity index (χ2n) is 8.53. The molecule has 2 rings (SSSR count). The van der Waals surface area contributed by atoms with E-state index in [4.69, 9.17) is 9.53 Å². The van der Waals surface area contributed by atoms with Gasteiger partial charge in [-0.25, -0.2) is 4.79 Å². The summed E-state index contributed by atoms with van der Waals surface area (Å²) in [5.74, 6) is -0.662. The maximum absolute atomic E-state index is 12.2. The van der Waals surface area contributed by atoms with Gasteiger partial charge < -0.3 is 14.4 Å². The maximum atomic E-state index is 12.2. The molecule has 5 nitrogen and oxygen atoms in total. The third-order valence-corrected chi connectivity index (χ3v) is 11.2. The van der Waals surface area contributed by atoms with Gasteiger partial charge in [-0.1, -0.05) is 20.8 Å². The first-order chi connectivity index (χ1) is 12.0. The van der Waals surface area contributed by atoms with Crippen molar-refractivity contribution in [3.8, 4) is 0 Å². The molecule has 1 aliphatic rings. The lowest BCUT2D eigenvalue weighted by Gasteiger charge is -2.38. The molecule has 1 amide bonds. The fourth-order valence-corrected chi connectivity index (χ4v) is 4.78. The van der Waals surface area contributed by atoms with E-state index in [-0.39, 0.29) is 17.0 Å². The number of likely N-dealkylation sites (tertiary alicyclic amines) is 1. The maximum Gasteiger partial charge on any atom is 0.345 e. The lowest BCUT2D eigenvalue weighted by molar-refractivity contribution is -0.129. The van der Waals surface area contributed by atoms with Gasteiger partial charge in [0.05, 0.1) is 12.6 Å². The summed E-state index contributed by atoms with van der Waals surface area (Å²) in [7, 11) is -1.81. The van der Waals surface area contributed by atoms with Crippen molar-refractivity contribution < 1.29 is 19.1 Å². The van der Waals surface area contributed by atoms with Gasteiger partial charge in [-0.15, -0.1) is 11.3 Å². The lowest BCUT2D eigenvalue weighted by atomic mass is 10.2. The van der Waals surface area contributed by atoms with Crippen molar-refractivity contribution in [2.24, 2.45) is 0 Å². The van der Waals surface area contributed by atoms with Crippen LogP contribution in [0, 0.1) is 0 Å². The third-order valence-electron chi connectivity index (χ3n) is 5.59. The summed E-state index contributed by atoms with van der Waals surface area (Å²) >= 11 is 1.32. The number of carboxylic acid groups (broad SMARTS) is 1. The van der Waals surface area contributed by atoms with Gasteiger partial charge in [0.15, 0.2) is 8.32 Å². The molecule has 1 unspecified atom stereocenters. The first-order valence-corrected chi connectivity index (χ1v) is 13.0. The number of carbonyl (C=O) groups excluding carboxylic acids is 1. The quantitative estimate of drug-likeness (QED) is 0.661. The Morgan fingerprint density at radius 3 is 2.65 bits per heavy atom. The van der Waals surface area contributed by atoms with Crippen molar-refractivity contribution in [1.29, 1.82) is 0 Å². The average Bonchev–Trinajstić information content (AvgIpc) is 3.12. The van der Waals surface area contributed by atoms with E-state index in [1.165, 1.54) is 11.3 Å². The first kappa shape index (κ1) is 21.1. The molecule has 0 bridgehead atoms. The summed E-state index contributed by atoms with van der Waals surface area (Å²) in [4.78, 5) is 26.6. The first-order valence-electron chi connectivity index (χ1n) is 9.27. The fraction of sp³-hybridized carbons (Fsp3) is 0.684. The van der Waals surface area contributed by atoms with Gasteiger partial charge in [0, 0.05) is 17.8 Å². The number of hydrogen-bond acceptors (Lipinski definition) is 4. The molecular formula is C19H31NO4SSi. The molecule has 146 valence electrons. The molecule has 1 saturated heterocycles. The van der Waals surface area contributed by atoms with Crippen molar-refractivity contribution >= 4 is 31.5 Å². The number of carboxylic acids is 1. The van der Waals surface area contributed by atoms with Gasteiger partial charge in [0.2, 0.25) is 5.91 Å². The summed E-state index contributed by atoms with van der Waals surface area (Å²) in [5, 5.41) is 9.16. The van der Waals surface area contributed by atoms with E-state index < -0.39 is 14.3 Å². The average molecular weight is 398 g/mol. The van der Waals surface area contributed by atoms with E-state index in [2.05, 4.69) is 33.9 Å². The Labute approximate surface area is 161 Å². The largest absolute Gasteiger partial charge is 0.477 e. The van der Waals surface area contributed by atoms with Crippen molar-refractivity contribution in [2.75, 3.05) is 13.2 Å². The van der Waals surface area contributed by atoms with Crippen LogP contribution in [0.3, 0.4) is 0 Å². The molecule has 0 saturated carbocycles. The van der Waals surface area contributed by atoms with Crippen LogP contribution in [0.4, 0.5) is 0 Å². The molecule has 1 aliphatic heterocycles. The number of nitrogens with zero attached hydrogens (tertiary/aromatic N) is 1. The topological polar surface area (TPSA) is 66.8 Å². The Balaban J connectivity index is 1.86. The van der Waals surface area contributed by atoms with Crippen LogP contribution >= 0.6 is 11.3 Å². The summed E-state index contributed by atoms with van der Waals surface area (Å²) in [6, 6.07) is 3.70. The number of rotatable bonds is 8. The zero-order chi connectivity index (χ0) is 19.5. The zero-order valence-corrected chi connectivity index (χ0v) is 18.3. The second kappa shape index (κ2) is 8.23.